The highest BCUT2D eigenvalue weighted by Crippen LogP contribution is 2.27. The van der Waals surface area contributed by atoms with Crippen molar-refractivity contribution in [2.75, 3.05) is 19.0 Å². The van der Waals surface area contributed by atoms with Crippen molar-refractivity contribution in [3.63, 3.8) is 0 Å². The number of anilines is 1. The predicted molar refractivity (Wildman–Crippen MR) is 114 cm³/mol. The summed E-state index contributed by atoms with van der Waals surface area (Å²) in [5.74, 6) is 0.0661. The summed E-state index contributed by atoms with van der Waals surface area (Å²) in [7, 11) is -1.91. The van der Waals surface area contributed by atoms with Crippen LogP contribution in [0.1, 0.15) is 32.1 Å². The predicted octanol–water partition coefficient (Wildman–Crippen LogP) is 4.31. The second kappa shape index (κ2) is 9.61. The number of nitrogens with one attached hydrogen (secondary N) is 1. The minimum Gasteiger partial charge on any atom is -0.482 e. The number of rotatable bonds is 7. The van der Waals surface area contributed by atoms with Gasteiger partial charge in [-0.1, -0.05) is 43.0 Å². The van der Waals surface area contributed by atoms with Gasteiger partial charge in [0.15, 0.2) is 6.61 Å². The minimum atomic E-state index is -3.55. The molecule has 0 radical (unpaired) electrons. The van der Waals surface area contributed by atoms with Gasteiger partial charge in [0.2, 0.25) is 10.0 Å². The van der Waals surface area contributed by atoms with E-state index in [1.54, 1.807) is 43.4 Å². The standard InChI is InChI=1S/C21H25ClN2O4S/c1-24(17-7-3-2-4-8-17)29(26,27)18-13-11-16(12-14-18)23-21(25)15-28-20-10-6-5-9-19(20)22/h5-6,9-14,17H,2-4,7-8,15H2,1H3,(H,23,25). The van der Waals surface area contributed by atoms with Crippen molar-refractivity contribution in [3.8, 4) is 5.75 Å². The Hall–Kier alpha value is -2.09. The van der Waals surface area contributed by atoms with Gasteiger partial charge in [-0.3, -0.25) is 4.79 Å². The zero-order valence-corrected chi connectivity index (χ0v) is 17.9. The molecule has 0 heterocycles. The number of halogens is 1. The molecular weight excluding hydrogens is 412 g/mol. The van der Waals surface area contributed by atoms with Crippen molar-refractivity contribution in [3.05, 3.63) is 53.6 Å². The van der Waals surface area contributed by atoms with Crippen LogP contribution in [-0.2, 0) is 14.8 Å². The van der Waals surface area contributed by atoms with Crippen LogP contribution >= 0.6 is 11.6 Å². The number of sulfonamides is 1. The van der Waals surface area contributed by atoms with Crippen LogP contribution in [-0.4, -0.2) is 38.3 Å². The molecule has 1 fully saturated rings. The van der Waals surface area contributed by atoms with E-state index < -0.39 is 10.0 Å². The average molecular weight is 437 g/mol. The number of carbonyl (C=O) groups is 1. The molecule has 0 aliphatic heterocycles. The Morgan fingerprint density at radius 2 is 1.76 bits per heavy atom. The Balaban J connectivity index is 1.59. The summed E-state index contributed by atoms with van der Waals surface area (Å²) in [4.78, 5) is 12.3. The molecule has 1 N–H and O–H groups in total. The van der Waals surface area contributed by atoms with E-state index >= 15 is 0 Å². The van der Waals surface area contributed by atoms with Gasteiger partial charge in [-0.25, -0.2) is 8.42 Å². The average Bonchev–Trinajstić information content (AvgIpc) is 2.73. The fourth-order valence-corrected chi connectivity index (χ4v) is 5.03. The van der Waals surface area contributed by atoms with Crippen LogP contribution in [0.15, 0.2) is 53.4 Å². The van der Waals surface area contributed by atoms with Crippen LogP contribution in [0, 0.1) is 0 Å². The normalized spacial score (nSPS) is 15.3. The van der Waals surface area contributed by atoms with Gasteiger partial charge in [-0.05, 0) is 49.2 Å². The summed E-state index contributed by atoms with van der Waals surface area (Å²) < 4.78 is 32.6. The number of ether oxygens (including phenoxy) is 1. The maximum Gasteiger partial charge on any atom is 0.262 e. The van der Waals surface area contributed by atoms with Gasteiger partial charge in [0, 0.05) is 18.8 Å². The number of para-hydroxylation sites is 1. The quantitative estimate of drug-likeness (QED) is 0.701. The van der Waals surface area contributed by atoms with Crippen LogP contribution in [0.25, 0.3) is 0 Å². The molecule has 0 spiro atoms. The third-order valence-corrected chi connectivity index (χ3v) is 7.34. The Kier molecular flexibility index (Phi) is 7.16. The first-order chi connectivity index (χ1) is 13.9. The van der Waals surface area contributed by atoms with Crippen molar-refractivity contribution in [1.82, 2.24) is 4.31 Å². The lowest BCUT2D eigenvalue weighted by Crippen LogP contribution is -2.38. The molecule has 2 aromatic rings. The molecule has 29 heavy (non-hydrogen) atoms. The summed E-state index contributed by atoms with van der Waals surface area (Å²) in [6.45, 7) is -0.200. The molecule has 1 aliphatic rings. The van der Waals surface area contributed by atoms with Crippen LogP contribution in [0.3, 0.4) is 0 Å². The first-order valence-corrected chi connectivity index (χ1v) is 11.4. The fraction of sp³-hybridized carbons (Fsp3) is 0.381. The highest BCUT2D eigenvalue weighted by Gasteiger charge is 2.28. The number of hydrogen-bond acceptors (Lipinski definition) is 4. The summed E-state index contributed by atoms with van der Waals surface area (Å²) in [6.07, 6.45) is 5.08. The first-order valence-electron chi connectivity index (χ1n) is 9.63. The van der Waals surface area contributed by atoms with Gasteiger partial charge >= 0.3 is 0 Å². The van der Waals surface area contributed by atoms with Gasteiger partial charge < -0.3 is 10.1 Å². The third-order valence-electron chi connectivity index (χ3n) is 5.10. The molecule has 2 aromatic carbocycles. The molecule has 8 heteroatoms. The van der Waals surface area contributed by atoms with Gasteiger partial charge in [-0.2, -0.15) is 4.31 Å². The summed E-state index contributed by atoms with van der Waals surface area (Å²) >= 11 is 5.99. The van der Waals surface area contributed by atoms with E-state index in [2.05, 4.69) is 5.32 Å². The molecule has 0 saturated heterocycles. The van der Waals surface area contributed by atoms with E-state index in [4.69, 9.17) is 16.3 Å². The van der Waals surface area contributed by atoms with Crippen LogP contribution in [0.5, 0.6) is 5.75 Å². The van der Waals surface area contributed by atoms with Crippen LogP contribution in [0.4, 0.5) is 5.69 Å². The summed E-state index contributed by atoms with van der Waals surface area (Å²) in [5, 5.41) is 3.12. The molecule has 6 nitrogen and oxygen atoms in total. The maximum atomic E-state index is 12.9. The SMILES string of the molecule is CN(C1CCCCC1)S(=O)(=O)c1ccc(NC(=O)COc2ccccc2Cl)cc1. The first kappa shape index (κ1) is 21.6. The van der Waals surface area contributed by atoms with E-state index in [0.29, 0.717) is 16.5 Å². The van der Waals surface area contributed by atoms with E-state index in [1.165, 1.54) is 22.9 Å². The number of benzene rings is 2. The smallest absolute Gasteiger partial charge is 0.262 e. The third kappa shape index (κ3) is 5.50. The zero-order chi connectivity index (χ0) is 20.9. The monoisotopic (exact) mass is 436 g/mol. The van der Waals surface area contributed by atoms with Gasteiger partial charge in [0.25, 0.3) is 5.91 Å². The van der Waals surface area contributed by atoms with Gasteiger partial charge in [0.05, 0.1) is 9.92 Å². The van der Waals surface area contributed by atoms with Crippen molar-refractivity contribution in [1.29, 1.82) is 0 Å². The van der Waals surface area contributed by atoms with Crippen LogP contribution < -0.4 is 10.1 Å². The Morgan fingerprint density at radius 3 is 2.41 bits per heavy atom. The molecular formula is C21H25ClN2O4S. The van der Waals surface area contributed by atoms with E-state index in [-0.39, 0.29) is 23.5 Å². The van der Waals surface area contributed by atoms with Crippen molar-refractivity contribution in [2.24, 2.45) is 0 Å². The highest BCUT2D eigenvalue weighted by atomic mass is 35.5. The Labute approximate surface area is 176 Å². The minimum absolute atomic E-state index is 0.0510. The molecule has 156 valence electrons. The van der Waals surface area contributed by atoms with E-state index in [9.17, 15) is 13.2 Å². The van der Waals surface area contributed by atoms with Gasteiger partial charge in [-0.15, -0.1) is 0 Å². The van der Waals surface area contributed by atoms with Crippen molar-refractivity contribution >= 4 is 33.2 Å². The van der Waals surface area contributed by atoms with E-state index in [0.717, 1.165) is 25.7 Å². The number of amides is 1. The second-order valence-corrected chi connectivity index (χ2v) is 9.51. The topological polar surface area (TPSA) is 75.7 Å². The Bertz CT molecular complexity index is 941. The summed E-state index contributed by atoms with van der Waals surface area (Å²) in [6, 6.07) is 13.1. The molecule has 0 unspecified atom stereocenters. The second-order valence-electron chi connectivity index (χ2n) is 7.10. The Morgan fingerprint density at radius 1 is 1.10 bits per heavy atom. The zero-order valence-electron chi connectivity index (χ0n) is 16.3. The molecule has 0 aromatic heterocycles. The lowest BCUT2D eigenvalue weighted by molar-refractivity contribution is -0.118. The van der Waals surface area contributed by atoms with Crippen molar-refractivity contribution < 1.29 is 17.9 Å². The lowest BCUT2D eigenvalue weighted by Gasteiger charge is -2.30. The number of nitrogens with zero attached hydrogens (tertiary/aromatic N) is 1. The van der Waals surface area contributed by atoms with Crippen molar-refractivity contribution in [2.45, 2.75) is 43.0 Å². The fourth-order valence-electron chi connectivity index (χ4n) is 3.42. The highest BCUT2D eigenvalue weighted by molar-refractivity contribution is 7.89. The van der Waals surface area contributed by atoms with Crippen LogP contribution in [0.2, 0.25) is 5.02 Å². The lowest BCUT2D eigenvalue weighted by atomic mass is 9.96. The number of hydrogen-bond donors (Lipinski definition) is 1. The molecule has 0 atom stereocenters. The maximum absolute atomic E-state index is 12.9. The molecule has 0 bridgehead atoms. The summed E-state index contributed by atoms with van der Waals surface area (Å²) in [5.41, 5.74) is 0.497. The molecule has 1 aliphatic carbocycles. The van der Waals surface area contributed by atoms with E-state index in [1.807, 2.05) is 0 Å². The molecule has 1 amide bonds. The van der Waals surface area contributed by atoms with Gasteiger partial charge in [0.1, 0.15) is 5.75 Å². The number of carbonyl (C=O) groups excluding carboxylic acids is 1. The molecule has 1 saturated carbocycles. The largest absolute Gasteiger partial charge is 0.482 e. The molecule has 3 rings (SSSR count).